The van der Waals surface area contributed by atoms with E-state index in [4.69, 9.17) is 4.74 Å². The number of rotatable bonds is 5. The van der Waals surface area contributed by atoms with E-state index in [0.29, 0.717) is 6.54 Å². The molecule has 7 heteroatoms. The molecule has 2 aliphatic heterocycles. The van der Waals surface area contributed by atoms with Gasteiger partial charge in [-0.25, -0.2) is 0 Å². The van der Waals surface area contributed by atoms with Crippen molar-refractivity contribution in [2.24, 2.45) is 0 Å². The third-order valence-electron chi connectivity index (χ3n) is 4.36. The van der Waals surface area contributed by atoms with Crippen LogP contribution in [0, 0.1) is 0 Å². The molecule has 0 spiro atoms. The van der Waals surface area contributed by atoms with Crippen molar-refractivity contribution in [1.29, 1.82) is 0 Å². The summed E-state index contributed by atoms with van der Waals surface area (Å²) in [5.41, 5.74) is 0.769. The molecule has 0 bridgehead atoms. The van der Waals surface area contributed by atoms with E-state index in [-0.39, 0.29) is 11.8 Å². The number of nitrogens with zero attached hydrogens (tertiary/aromatic N) is 1. The molecule has 0 aliphatic carbocycles. The van der Waals surface area contributed by atoms with Crippen molar-refractivity contribution in [3.8, 4) is 0 Å². The highest BCUT2D eigenvalue weighted by molar-refractivity contribution is 8.02. The summed E-state index contributed by atoms with van der Waals surface area (Å²) in [6, 6.07) is 7.54. The van der Waals surface area contributed by atoms with Gasteiger partial charge in [-0.2, -0.15) is 0 Å². The number of hydrogen-bond acceptors (Lipinski definition) is 5. The molecule has 1 saturated heterocycles. The van der Waals surface area contributed by atoms with Crippen LogP contribution in [0.4, 0.5) is 5.69 Å². The molecular formula is C17H23N3O3S. The maximum atomic E-state index is 12.6. The van der Waals surface area contributed by atoms with Gasteiger partial charge in [0.05, 0.1) is 18.9 Å². The van der Waals surface area contributed by atoms with Crippen LogP contribution in [0.3, 0.4) is 0 Å². The number of anilines is 1. The van der Waals surface area contributed by atoms with Gasteiger partial charge in [0.2, 0.25) is 11.8 Å². The van der Waals surface area contributed by atoms with E-state index in [1.165, 1.54) is 11.8 Å². The number of thioether (sulfide) groups is 1. The fourth-order valence-electron chi connectivity index (χ4n) is 2.81. The highest BCUT2D eigenvalue weighted by Gasteiger charge is 2.45. The van der Waals surface area contributed by atoms with Gasteiger partial charge >= 0.3 is 0 Å². The van der Waals surface area contributed by atoms with E-state index in [1.54, 1.807) is 6.92 Å². The van der Waals surface area contributed by atoms with E-state index < -0.39 is 4.75 Å². The number of carbonyl (C=O) groups excluding carboxylic acids is 2. The van der Waals surface area contributed by atoms with Gasteiger partial charge in [-0.15, -0.1) is 0 Å². The SMILES string of the molecule is C[C@]1(C(=O)NCCCN2CCOCC2)Sc2ccccc2NC1=O. The largest absolute Gasteiger partial charge is 0.379 e. The number of carbonyl (C=O) groups is 2. The lowest BCUT2D eigenvalue weighted by atomic mass is 10.1. The number of morpholine rings is 1. The van der Waals surface area contributed by atoms with Gasteiger partial charge in [0.1, 0.15) is 0 Å². The molecule has 2 amide bonds. The highest BCUT2D eigenvalue weighted by atomic mass is 32.2. The maximum absolute atomic E-state index is 12.6. The van der Waals surface area contributed by atoms with Crippen molar-refractivity contribution < 1.29 is 14.3 Å². The molecule has 0 saturated carbocycles. The molecule has 130 valence electrons. The number of ether oxygens (including phenoxy) is 1. The molecule has 3 rings (SSSR count). The number of benzene rings is 1. The first-order valence-electron chi connectivity index (χ1n) is 8.27. The molecule has 0 radical (unpaired) electrons. The summed E-state index contributed by atoms with van der Waals surface area (Å²) >= 11 is 1.31. The van der Waals surface area contributed by atoms with E-state index in [9.17, 15) is 9.59 Å². The Morgan fingerprint density at radius 2 is 2.12 bits per heavy atom. The second kappa shape index (κ2) is 7.55. The number of amides is 2. The summed E-state index contributed by atoms with van der Waals surface area (Å²) in [5.74, 6) is -0.502. The third-order valence-corrected chi connectivity index (χ3v) is 5.71. The highest BCUT2D eigenvalue weighted by Crippen LogP contribution is 2.42. The molecule has 2 heterocycles. The van der Waals surface area contributed by atoms with Crippen molar-refractivity contribution in [1.82, 2.24) is 10.2 Å². The zero-order chi connectivity index (χ0) is 17.0. The topological polar surface area (TPSA) is 70.7 Å². The summed E-state index contributed by atoms with van der Waals surface area (Å²) in [7, 11) is 0. The summed E-state index contributed by atoms with van der Waals surface area (Å²) in [4.78, 5) is 28.2. The Labute approximate surface area is 146 Å². The van der Waals surface area contributed by atoms with Crippen LogP contribution in [-0.2, 0) is 14.3 Å². The van der Waals surface area contributed by atoms with Crippen molar-refractivity contribution >= 4 is 29.3 Å². The Kier molecular flexibility index (Phi) is 5.43. The average Bonchev–Trinajstić information content (AvgIpc) is 2.60. The predicted molar refractivity (Wildman–Crippen MR) is 94.2 cm³/mol. The Bertz CT molecular complexity index is 619. The minimum absolute atomic E-state index is 0.235. The summed E-state index contributed by atoms with van der Waals surface area (Å²) in [6.07, 6.45) is 0.866. The fourth-order valence-corrected chi connectivity index (χ4v) is 3.94. The molecular weight excluding hydrogens is 326 g/mol. The zero-order valence-electron chi connectivity index (χ0n) is 13.8. The molecule has 24 heavy (non-hydrogen) atoms. The van der Waals surface area contributed by atoms with Crippen molar-refractivity contribution in [3.63, 3.8) is 0 Å². The molecule has 0 unspecified atom stereocenters. The normalized spacial score (nSPS) is 24.1. The van der Waals surface area contributed by atoms with Gasteiger partial charge in [-0.1, -0.05) is 23.9 Å². The van der Waals surface area contributed by atoms with Crippen LogP contribution >= 0.6 is 11.8 Å². The number of fused-ring (bicyclic) bond motifs is 1. The monoisotopic (exact) mass is 349 g/mol. The van der Waals surface area contributed by atoms with Crippen LogP contribution in [-0.4, -0.2) is 60.9 Å². The van der Waals surface area contributed by atoms with Crippen LogP contribution < -0.4 is 10.6 Å². The van der Waals surface area contributed by atoms with Gasteiger partial charge in [0.15, 0.2) is 4.75 Å². The van der Waals surface area contributed by atoms with Crippen LogP contribution in [0.2, 0.25) is 0 Å². The first kappa shape index (κ1) is 17.3. The van der Waals surface area contributed by atoms with Gasteiger partial charge in [0, 0.05) is 24.5 Å². The standard InChI is InChI=1S/C17H23N3O3S/c1-17(16(22)19-13-5-2-3-6-14(13)24-17)15(21)18-7-4-8-20-9-11-23-12-10-20/h2-3,5-6H,4,7-12H2,1H3,(H,18,21)(H,19,22)/t17-/m1/s1. The van der Waals surface area contributed by atoms with Crippen LogP contribution in [0.5, 0.6) is 0 Å². The first-order valence-corrected chi connectivity index (χ1v) is 9.09. The Morgan fingerprint density at radius 3 is 2.92 bits per heavy atom. The minimum atomic E-state index is -1.13. The number of nitrogens with one attached hydrogen (secondary N) is 2. The van der Waals surface area contributed by atoms with Crippen LogP contribution in [0.15, 0.2) is 29.2 Å². The maximum Gasteiger partial charge on any atom is 0.250 e. The third kappa shape index (κ3) is 3.74. The predicted octanol–water partition coefficient (Wildman–Crippen LogP) is 1.33. The quantitative estimate of drug-likeness (QED) is 0.620. The Hall–Kier alpha value is -1.57. The molecule has 1 atom stereocenters. The van der Waals surface area contributed by atoms with Crippen LogP contribution in [0.25, 0.3) is 0 Å². The van der Waals surface area contributed by atoms with Crippen molar-refractivity contribution in [2.45, 2.75) is 23.0 Å². The second-order valence-electron chi connectivity index (χ2n) is 6.15. The lowest BCUT2D eigenvalue weighted by Gasteiger charge is -2.32. The van der Waals surface area contributed by atoms with E-state index in [0.717, 1.165) is 49.9 Å². The Balaban J connectivity index is 1.51. The van der Waals surface area contributed by atoms with Crippen LogP contribution in [0.1, 0.15) is 13.3 Å². The number of hydrogen-bond donors (Lipinski definition) is 2. The van der Waals surface area contributed by atoms with E-state index >= 15 is 0 Å². The summed E-state index contributed by atoms with van der Waals surface area (Å²) in [6.45, 7) is 6.63. The van der Waals surface area contributed by atoms with Gasteiger partial charge in [-0.3, -0.25) is 14.5 Å². The lowest BCUT2D eigenvalue weighted by molar-refractivity contribution is -0.129. The second-order valence-corrected chi connectivity index (χ2v) is 7.61. The molecule has 6 nitrogen and oxygen atoms in total. The molecule has 1 aromatic rings. The van der Waals surface area contributed by atoms with E-state index in [2.05, 4.69) is 15.5 Å². The molecule has 1 fully saturated rings. The molecule has 1 aromatic carbocycles. The molecule has 0 aromatic heterocycles. The summed E-state index contributed by atoms with van der Waals surface area (Å²) in [5, 5.41) is 5.75. The van der Waals surface area contributed by atoms with Gasteiger partial charge in [-0.05, 0) is 32.0 Å². The smallest absolute Gasteiger partial charge is 0.250 e. The fraction of sp³-hybridized carbons (Fsp3) is 0.529. The van der Waals surface area contributed by atoms with Crippen molar-refractivity contribution in [3.05, 3.63) is 24.3 Å². The molecule has 2 aliphatic rings. The number of para-hydroxylation sites is 1. The average molecular weight is 349 g/mol. The van der Waals surface area contributed by atoms with Gasteiger partial charge in [0.25, 0.3) is 0 Å². The molecule has 2 N–H and O–H groups in total. The minimum Gasteiger partial charge on any atom is -0.379 e. The Morgan fingerprint density at radius 1 is 1.38 bits per heavy atom. The summed E-state index contributed by atoms with van der Waals surface area (Å²) < 4.78 is 4.19. The lowest BCUT2D eigenvalue weighted by Crippen LogP contribution is -2.52. The van der Waals surface area contributed by atoms with Gasteiger partial charge < -0.3 is 15.4 Å². The van der Waals surface area contributed by atoms with E-state index in [1.807, 2.05) is 24.3 Å². The van der Waals surface area contributed by atoms with Crippen molar-refractivity contribution in [2.75, 3.05) is 44.7 Å². The first-order chi connectivity index (χ1) is 11.6. The zero-order valence-corrected chi connectivity index (χ0v) is 14.7.